The molecule has 1 atom stereocenters. The second-order valence-corrected chi connectivity index (χ2v) is 10.5. The van der Waals surface area contributed by atoms with Gasteiger partial charge in [0.05, 0.1) is 17.5 Å². The summed E-state index contributed by atoms with van der Waals surface area (Å²) in [6, 6.07) is 11.8. The van der Waals surface area contributed by atoms with Crippen molar-refractivity contribution in [1.29, 1.82) is 0 Å². The van der Waals surface area contributed by atoms with E-state index in [2.05, 4.69) is 22.0 Å². The molecule has 1 saturated carbocycles. The Balaban J connectivity index is 1.21. The summed E-state index contributed by atoms with van der Waals surface area (Å²) in [5.41, 5.74) is 3.42. The number of hydrogen-bond donors (Lipinski definition) is 0. The molecule has 0 N–H and O–H groups in total. The van der Waals surface area contributed by atoms with Gasteiger partial charge in [0.2, 0.25) is 0 Å². The lowest BCUT2D eigenvalue weighted by Crippen LogP contribution is -2.33. The number of aromatic nitrogens is 4. The van der Waals surface area contributed by atoms with E-state index < -0.39 is 0 Å². The highest BCUT2D eigenvalue weighted by molar-refractivity contribution is 5.96. The first kappa shape index (κ1) is 20.8. The van der Waals surface area contributed by atoms with Gasteiger partial charge in [0.15, 0.2) is 5.76 Å². The number of amides is 1. The van der Waals surface area contributed by atoms with Gasteiger partial charge in [-0.25, -0.2) is 14.6 Å². The fourth-order valence-corrected chi connectivity index (χ4v) is 5.90. The number of carbonyl (C=O) groups excluding carboxylic acids is 1. The van der Waals surface area contributed by atoms with Gasteiger partial charge in [0.25, 0.3) is 11.9 Å². The van der Waals surface area contributed by atoms with E-state index in [9.17, 15) is 4.79 Å². The number of nitrogens with zero attached hydrogens (tertiary/aromatic N) is 6. The van der Waals surface area contributed by atoms with Crippen LogP contribution in [0, 0.1) is 5.41 Å². The van der Waals surface area contributed by atoms with Crippen LogP contribution in [0.2, 0.25) is 0 Å². The van der Waals surface area contributed by atoms with Gasteiger partial charge in [-0.1, -0.05) is 18.2 Å². The van der Waals surface area contributed by atoms with E-state index in [0.717, 1.165) is 62.1 Å². The predicted molar refractivity (Wildman–Crippen MR) is 131 cm³/mol. The second kappa shape index (κ2) is 7.75. The van der Waals surface area contributed by atoms with E-state index in [1.54, 1.807) is 17.1 Å². The number of benzene rings is 1. The minimum atomic E-state index is 0.0954. The van der Waals surface area contributed by atoms with E-state index in [-0.39, 0.29) is 11.3 Å². The number of hydrogen-bond acceptors (Lipinski definition) is 6. The molecule has 8 nitrogen and oxygen atoms in total. The molecular formula is C27H28N6O2. The van der Waals surface area contributed by atoms with Crippen LogP contribution < -0.4 is 0 Å². The van der Waals surface area contributed by atoms with Gasteiger partial charge < -0.3 is 14.2 Å². The van der Waals surface area contributed by atoms with Crippen molar-refractivity contribution in [3.05, 3.63) is 60.0 Å². The molecule has 3 aliphatic rings. The first-order valence-corrected chi connectivity index (χ1v) is 12.5. The number of para-hydroxylation sites is 1. The lowest BCUT2D eigenvalue weighted by molar-refractivity contribution is 0.0772. The Kier molecular flexibility index (Phi) is 4.61. The summed E-state index contributed by atoms with van der Waals surface area (Å²) in [5, 5.41) is 5.66. The maximum absolute atomic E-state index is 13.7. The number of fused-ring (bicyclic) bond motifs is 1. The highest BCUT2D eigenvalue weighted by Gasteiger charge is 2.45. The molecule has 4 aromatic rings. The molecule has 1 amide bonds. The monoisotopic (exact) mass is 468 g/mol. The summed E-state index contributed by atoms with van der Waals surface area (Å²) in [4.78, 5) is 27.4. The minimum Gasteiger partial charge on any atom is -0.454 e. The lowest BCUT2D eigenvalue weighted by atomic mass is 9.86. The van der Waals surface area contributed by atoms with Gasteiger partial charge in [0, 0.05) is 42.6 Å². The van der Waals surface area contributed by atoms with Crippen molar-refractivity contribution in [2.45, 2.75) is 31.6 Å². The van der Waals surface area contributed by atoms with Crippen LogP contribution >= 0.6 is 0 Å². The standard InChI is InChI=1S/C27H28N6O2/c1-31-12-9-27(16-31)10-13-32(17-27)25(34)20-15-29-33(24(20)18-6-7-18)26-28-11-8-21(30-26)23-14-19-4-2-3-5-22(19)35-23/h2-5,8,11,14-15,18H,6-7,9-10,12-13,16-17H2,1H3/t27-/m0/s1. The maximum Gasteiger partial charge on any atom is 0.257 e. The predicted octanol–water partition coefficient (Wildman–Crippen LogP) is 4.12. The summed E-state index contributed by atoms with van der Waals surface area (Å²) in [6.07, 6.45) is 7.82. The fraction of sp³-hybridized carbons (Fsp3) is 0.407. The third kappa shape index (κ3) is 3.55. The summed E-state index contributed by atoms with van der Waals surface area (Å²) >= 11 is 0. The normalized spacial score (nSPS) is 22.6. The zero-order valence-corrected chi connectivity index (χ0v) is 19.9. The van der Waals surface area contributed by atoms with Crippen LogP contribution in [0.15, 0.2) is 53.2 Å². The SMILES string of the molecule is CN1CC[C@]2(CCN(C(=O)c3cnn(-c4nccc(-c5cc6ccccc6o5)n4)c3C3CC3)C2)C1. The van der Waals surface area contributed by atoms with Crippen LogP contribution in [0.25, 0.3) is 28.4 Å². The third-order valence-electron chi connectivity index (χ3n) is 7.87. The molecule has 0 bridgehead atoms. The summed E-state index contributed by atoms with van der Waals surface area (Å²) in [7, 11) is 2.17. The highest BCUT2D eigenvalue weighted by atomic mass is 16.3. The topological polar surface area (TPSA) is 80.3 Å². The first-order valence-electron chi connectivity index (χ1n) is 12.5. The van der Waals surface area contributed by atoms with E-state index in [1.807, 2.05) is 41.3 Å². The molecule has 7 rings (SSSR count). The zero-order valence-electron chi connectivity index (χ0n) is 19.9. The van der Waals surface area contributed by atoms with Gasteiger partial charge in [0.1, 0.15) is 11.3 Å². The van der Waals surface area contributed by atoms with Crippen molar-refractivity contribution in [2.24, 2.45) is 5.41 Å². The van der Waals surface area contributed by atoms with E-state index in [4.69, 9.17) is 9.40 Å². The van der Waals surface area contributed by atoms with Crippen molar-refractivity contribution in [3.63, 3.8) is 0 Å². The van der Waals surface area contributed by atoms with Crippen LogP contribution in [-0.2, 0) is 0 Å². The molecule has 2 aliphatic heterocycles. The van der Waals surface area contributed by atoms with Crippen LogP contribution in [0.1, 0.15) is 47.7 Å². The Bertz CT molecular complexity index is 1400. The average molecular weight is 469 g/mol. The van der Waals surface area contributed by atoms with Crippen molar-refractivity contribution < 1.29 is 9.21 Å². The molecule has 1 aromatic carbocycles. The van der Waals surface area contributed by atoms with Gasteiger partial charge in [-0.15, -0.1) is 0 Å². The molecular weight excluding hydrogens is 440 g/mol. The highest BCUT2D eigenvalue weighted by Crippen LogP contribution is 2.44. The van der Waals surface area contributed by atoms with Crippen LogP contribution in [0.5, 0.6) is 0 Å². The second-order valence-electron chi connectivity index (χ2n) is 10.5. The summed E-state index contributed by atoms with van der Waals surface area (Å²) in [6.45, 7) is 3.85. The van der Waals surface area contributed by atoms with Crippen LogP contribution in [0.3, 0.4) is 0 Å². The molecule has 35 heavy (non-hydrogen) atoms. The average Bonchev–Trinajstić information content (AvgIpc) is 3.22. The minimum absolute atomic E-state index is 0.0954. The van der Waals surface area contributed by atoms with Crippen molar-refractivity contribution >= 4 is 16.9 Å². The fourth-order valence-electron chi connectivity index (χ4n) is 5.90. The smallest absolute Gasteiger partial charge is 0.257 e. The molecule has 0 radical (unpaired) electrons. The molecule has 178 valence electrons. The molecule has 0 unspecified atom stereocenters. The molecule has 1 aliphatic carbocycles. The Morgan fingerprint density at radius 3 is 2.77 bits per heavy atom. The van der Waals surface area contributed by atoms with E-state index >= 15 is 0 Å². The zero-order chi connectivity index (χ0) is 23.6. The molecule has 3 aromatic heterocycles. The molecule has 2 saturated heterocycles. The van der Waals surface area contributed by atoms with Crippen molar-refractivity contribution in [3.8, 4) is 17.4 Å². The summed E-state index contributed by atoms with van der Waals surface area (Å²) in [5.74, 6) is 1.58. The van der Waals surface area contributed by atoms with Gasteiger partial charge in [-0.05, 0) is 57.5 Å². The first-order chi connectivity index (χ1) is 17.1. The molecule has 3 fully saturated rings. The third-order valence-corrected chi connectivity index (χ3v) is 7.87. The number of carbonyl (C=O) groups is 1. The quantitative estimate of drug-likeness (QED) is 0.448. The van der Waals surface area contributed by atoms with Crippen molar-refractivity contribution in [1.82, 2.24) is 29.5 Å². The molecule has 8 heteroatoms. The largest absolute Gasteiger partial charge is 0.454 e. The van der Waals surface area contributed by atoms with E-state index in [1.165, 1.54) is 6.42 Å². The number of rotatable bonds is 4. The Hall–Kier alpha value is -3.52. The maximum atomic E-state index is 13.7. The lowest BCUT2D eigenvalue weighted by Gasteiger charge is -2.23. The number of likely N-dealkylation sites (tertiary alicyclic amines) is 2. The van der Waals surface area contributed by atoms with E-state index in [0.29, 0.717) is 28.9 Å². The van der Waals surface area contributed by atoms with Crippen molar-refractivity contribution in [2.75, 3.05) is 33.2 Å². The number of furan rings is 1. The Morgan fingerprint density at radius 1 is 1.11 bits per heavy atom. The molecule has 5 heterocycles. The summed E-state index contributed by atoms with van der Waals surface area (Å²) < 4.78 is 7.79. The Morgan fingerprint density at radius 2 is 1.97 bits per heavy atom. The van der Waals surface area contributed by atoms with Gasteiger partial charge >= 0.3 is 0 Å². The van der Waals surface area contributed by atoms with Crippen LogP contribution in [0.4, 0.5) is 0 Å². The van der Waals surface area contributed by atoms with Crippen LogP contribution in [-0.4, -0.2) is 68.7 Å². The Labute approximate surface area is 203 Å². The van der Waals surface area contributed by atoms with Gasteiger partial charge in [-0.3, -0.25) is 4.79 Å². The van der Waals surface area contributed by atoms with Gasteiger partial charge in [-0.2, -0.15) is 5.10 Å². The molecule has 1 spiro atoms.